The van der Waals surface area contributed by atoms with Crippen LogP contribution in [0.3, 0.4) is 0 Å². The summed E-state index contributed by atoms with van der Waals surface area (Å²) in [5.41, 5.74) is 6.91. The molecule has 1 rings (SSSR count). The van der Waals surface area contributed by atoms with Crippen LogP contribution in [0.1, 0.15) is 31.4 Å². The van der Waals surface area contributed by atoms with Crippen LogP contribution in [0.15, 0.2) is 29.2 Å². The minimum Gasteiger partial charge on any atom is -0.324 e. The first-order chi connectivity index (χ1) is 6.95. The van der Waals surface area contributed by atoms with Crippen LogP contribution in [0.5, 0.6) is 0 Å². The normalized spacial score (nSPS) is 12.9. The lowest BCUT2D eigenvalue weighted by Gasteiger charge is -2.10. The first-order valence-corrected chi connectivity index (χ1v) is 6.90. The fourth-order valence-electron chi connectivity index (χ4n) is 1.44. The molecule has 3 nitrogen and oxygen atoms in total. The van der Waals surface area contributed by atoms with Crippen molar-refractivity contribution in [1.82, 2.24) is 0 Å². The van der Waals surface area contributed by atoms with Crippen molar-refractivity contribution in [3.05, 3.63) is 29.8 Å². The third-order valence-corrected chi connectivity index (χ3v) is 3.46. The number of rotatable bonds is 4. The molecule has 0 saturated heterocycles. The first-order valence-electron chi connectivity index (χ1n) is 5.00. The van der Waals surface area contributed by atoms with Crippen molar-refractivity contribution in [2.24, 2.45) is 5.73 Å². The molecule has 0 saturated carbocycles. The Kier molecular flexibility index (Phi) is 6.00. The molecule has 0 bridgehead atoms. The Morgan fingerprint density at radius 1 is 1.25 bits per heavy atom. The van der Waals surface area contributed by atoms with Gasteiger partial charge in [-0.15, -0.1) is 12.4 Å². The molecule has 16 heavy (non-hydrogen) atoms. The highest BCUT2D eigenvalue weighted by molar-refractivity contribution is 7.90. The smallest absolute Gasteiger partial charge is 0.175 e. The molecule has 5 heteroatoms. The number of halogens is 1. The van der Waals surface area contributed by atoms with Gasteiger partial charge in [-0.05, 0) is 24.1 Å². The van der Waals surface area contributed by atoms with Gasteiger partial charge in [0.1, 0.15) is 0 Å². The maximum absolute atomic E-state index is 11.2. The monoisotopic (exact) mass is 263 g/mol. The molecule has 0 aliphatic carbocycles. The topological polar surface area (TPSA) is 60.2 Å². The van der Waals surface area contributed by atoms with Crippen molar-refractivity contribution in [3.63, 3.8) is 0 Å². The number of nitrogens with two attached hydrogens (primary N) is 1. The van der Waals surface area contributed by atoms with E-state index in [9.17, 15) is 8.42 Å². The van der Waals surface area contributed by atoms with Crippen LogP contribution < -0.4 is 5.73 Å². The minimum atomic E-state index is -3.10. The molecule has 1 atom stereocenters. The predicted octanol–water partition coefficient (Wildman–Crippen LogP) is 2.31. The third kappa shape index (κ3) is 4.12. The van der Waals surface area contributed by atoms with Gasteiger partial charge in [-0.25, -0.2) is 8.42 Å². The Hall–Kier alpha value is -0.580. The number of hydrogen-bond acceptors (Lipinski definition) is 3. The molecule has 0 radical (unpaired) electrons. The van der Waals surface area contributed by atoms with E-state index in [0.29, 0.717) is 4.90 Å². The van der Waals surface area contributed by atoms with Gasteiger partial charge >= 0.3 is 0 Å². The standard InChI is InChI=1S/C11H17NO2S.ClH/c1-3-4-11(12)9-5-7-10(8-6-9)15(2,13)14;/h5-8,11H,3-4,12H2,1-2H3;1H/t11-;/m1./s1. The maximum Gasteiger partial charge on any atom is 0.175 e. The molecule has 0 aliphatic heterocycles. The van der Waals surface area contributed by atoms with Crippen LogP contribution in [0.25, 0.3) is 0 Å². The summed E-state index contributed by atoms with van der Waals surface area (Å²) in [6, 6.07) is 6.80. The van der Waals surface area contributed by atoms with Crippen LogP contribution in [-0.2, 0) is 9.84 Å². The van der Waals surface area contributed by atoms with Crippen LogP contribution in [0.4, 0.5) is 0 Å². The lowest BCUT2D eigenvalue weighted by Crippen LogP contribution is -2.09. The highest BCUT2D eigenvalue weighted by atomic mass is 35.5. The summed E-state index contributed by atoms with van der Waals surface area (Å²) in [6.07, 6.45) is 3.14. The minimum absolute atomic E-state index is 0. The van der Waals surface area contributed by atoms with Crippen molar-refractivity contribution in [2.45, 2.75) is 30.7 Å². The fraction of sp³-hybridized carbons (Fsp3) is 0.455. The molecule has 0 unspecified atom stereocenters. The number of benzene rings is 1. The summed E-state index contributed by atoms with van der Waals surface area (Å²) in [6.45, 7) is 2.07. The van der Waals surface area contributed by atoms with Gasteiger partial charge < -0.3 is 5.73 Å². The quantitative estimate of drug-likeness (QED) is 0.907. The van der Waals surface area contributed by atoms with E-state index in [1.807, 2.05) is 0 Å². The first kappa shape index (κ1) is 15.4. The summed E-state index contributed by atoms with van der Waals surface area (Å²) in [4.78, 5) is 0.343. The molecule has 0 amide bonds. The van der Waals surface area contributed by atoms with Crippen molar-refractivity contribution < 1.29 is 8.42 Å². The van der Waals surface area contributed by atoms with Gasteiger partial charge in [0.25, 0.3) is 0 Å². The van der Waals surface area contributed by atoms with Crippen LogP contribution in [0.2, 0.25) is 0 Å². The largest absolute Gasteiger partial charge is 0.324 e. The van der Waals surface area contributed by atoms with E-state index in [4.69, 9.17) is 5.73 Å². The lowest BCUT2D eigenvalue weighted by molar-refractivity contribution is 0.601. The second kappa shape index (κ2) is 6.23. The van der Waals surface area contributed by atoms with Gasteiger partial charge in [0.05, 0.1) is 4.90 Å². The Morgan fingerprint density at radius 3 is 2.12 bits per heavy atom. The molecule has 1 aromatic rings. The van der Waals surface area contributed by atoms with Gasteiger partial charge in [0.15, 0.2) is 9.84 Å². The molecule has 2 N–H and O–H groups in total. The van der Waals surface area contributed by atoms with E-state index in [0.717, 1.165) is 18.4 Å². The molecule has 0 aromatic heterocycles. The average molecular weight is 264 g/mol. The number of hydrogen-bond donors (Lipinski definition) is 1. The van der Waals surface area contributed by atoms with Crippen LogP contribution >= 0.6 is 12.4 Å². The maximum atomic E-state index is 11.2. The number of sulfone groups is 1. The summed E-state index contributed by atoms with van der Waals surface area (Å²) in [7, 11) is -3.10. The van der Waals surface area contributed by atoms with Crippen molar-refractivity contribution >= 4 is 22.2 Å². The van der Waals surface area contributed by atoms with Crippen molar-refractivity contribution in [3.8, 4) is 0 Å². The second-order valence-corrected chi connectivity index (χ2v) is 5.75. The van der Waals surface area contributed by atoms with Crippen LogP contribution in [-0.4, -0.2) is 14.7 Å². The summed E-state index contributed by atoms with van der Waals surface area (Å²) < 4.78 is 22.4. The van der Waals surface area contributed by atoms with E-state index in [1.54, 1.807) is 24.3 Å². The molecule has 0 fully saturated rings. The molecular formula is C11H18ClNO2S. The predicted molar refractivity (Wildman–Crippen MR) is 68.6 cm³/mol. The van der Waals surface area contributed by atoms with Gasteiger partial charge in [-0.2, -0.15) is 0 Å². The van der Waals surface area contributed by atoms with Crippen LogP contribution in [0, 0.1) is 0 Å². The van der Waals surface area contributed by atoms with Crippen molar-refractivity contribution in [2.75, 3.05) is 6.26 Å². The molecule has 0 spiro atoms. The second-order valence-electron chi connectivity index (χ2n) is 3.74. The van der Waals surface area contributed by atoms with E-state index < -0.39 is 9.84 Å². The zero-order chi connectivity index (χ0) is 11.5. The van der Waals surface area contributed by atoms with E-state index in [-0.39, 0.29) is 18.4 Å². The van der Waals surface area contributed by atoms with Gasteiger partial charge in [0, 0.05) is 12.3 Å². The zero-order valence-electron chi connectivity index (χ0n) is 9.51. The average Bonchev–Trinajstić information content (AvgIpc) is 2.17. The molecular weight excluding hydrogens is 246 g/mol. The lowest BCUT2D eigenvalue weighted by atomic mass is 10.0. The Morgan fingerprint density at radius 2 is 1.75 bits per heavy atom. The van der Waals surface area contributed by atoms with Crippen molar-refractivity contribution in [1.29, 1.82) is 0 Å². The Labute approximate surface area is 103 Å². The third-order valence-electron chi connectivity index (χ3n) is 2.34. The van der Waals surface area contributed by atoms with E-state index in [2.05, 4.69) is 6.92 Å². The summed E-state index contributed by atoms with van der Waals surface area (Å²) >= 11 is 0. The fourth-order valence-corrected chi connectivity index (χ4v) is 2.07. The van der Waals surface area contributed by atoms with E-state index >= 15 is 0 Å². The molecule has 92 valence electrons. The van der Waals surface area contributed by atoms with Gasteiger partial charge in [-0.3, -0.25) is 0 Å². The highest BCUT2D eigenvalue weighted by Crippen LogP contribution is 2.18. The van der Waals surface area contributed by atoms with E-state index in [1.165, 1.54) is 6.26 Å². The Bertz CT molecular complexity index is 414. The molecule has 0 heterocycles. The van der Waals surface area contributed by atoms with Gasteiger partial charge in [0.2, 0.25) is 0 Å². The SMILES string of the molecule is CCC[C@@H](N)c1ccc(S(C)(=O)=O)cc1.Cl. The molecule has 0 aliphatic rings. The summed E-state index contributed by atoms with van der Waals surface area (Å²) in [5.74, 6) is 0. The van der Waals surface area contributed by atoms with Gasteiger partial charge in [-0.1, -0.05) is 25.5 Å². The highest BCUT2D eigenvalue weighted by Gasteiger charge is 2.08. The Balaban J connectivity index is 0.00000225. The molecule has 1 aromatic carbocycles. The summed E-state index contributed by atoms with van der Waals surface area (Å²) in [5, 5.41) is 0. The zero-order valence-corrected chi connectivity index (χ0v) is 11.1.